The Morgan fingerprint density at radius 3 is 2.96 bits per heavy atom. The van der Waals surface area contributed by atoms with Gasteiger partial charge in [-0.15, -0.1) is 0 Å². The van der Waals surface area contributed by atoms with Crippen molar-refractivity contribution >= 4 is 17.5 Å². The van der Waals surface area contributed by atoms with Gasteiger partial charge in [0.15, 0.2) is 11.4 Å². The number of carbonyl (C=O) groups is 1. The fraction of sp³-hybridized carbons (Fsp3) is 0.529. The summed E-state index contributed by atoms with van der Waals surface area (Å²) >= 11 is 0. The van der Waals surface area contributed by atoms with Crippen LogP contribution in [0.25, 0.3) is 5.52 Å². The molecule has 10 heteroatoms. The van der Waals surface area contributed by atoms with Crippen molar-refractivity contribution in [3.8, 4) is 6.07 Å². The molecule has 0 amide bonds. The van der Waals surface area contributed by atoms with Crippen molar-refractivity contribution < 1.29 is 24.1 Å². The highest BCUT2D eigenvalue weighted by molar-refractivity contribution is 5.66. The van der Waals surface area contributed by atoms with Gasteiger partial charge in [-0.2, -0.15) is 10.4 Å². The van der Waals surface area contributed by atoms with Crippen LogP contribution in [0.4, 0.5) is 10.6 Å². The van der Waals surface area contributed by atoms with E-state index in [4.69, 9.17) is 19.9 Å². The van der Waals surface area contributed by atoms with Crippen LogP contribution in [0, 0.1) is 17.2 Å². The third-order valence-corrected chi connectivity index (χ3v) is 4.85. The predicted molar refractivity (Wildman–Crippen MR) is 90.2 cm³/mol. The Balaban J connectivity index is 1.48. The topological polar surface area (TPSA) is 145 Å². The summed E-state index contributed by atoms with van der Waals surface area (Å²) in [4.78, 5) is 15.5. The van der Waals surface area contributed by atoms with Gasteiger partial charge in [0.2, 0.25) is 0 Å². The first kappa shape index (κ1) is 17.5. The molecule has 0 spiro atoms. The van der Waals surface area contributed by atoms with E-state index in [9.17, 15) is 15.2 Å². The average Bonchev–Trinajstić information content (AvgIpc) is 3.29. The van der Waals surface area contributed by atoms with Crippen LogP contribution in [0.15, 0.2) is 18.5 Å². The number of rotatable bonds is 5. The number of nitrogens with zero attached hydrogens (tertiary/aromatic N) is 4. The summed E-state index contributed by atoms with van der Waals surface area (Å²) < 4.78 is 17.3. The van der Waals surface area contributed by atoms with Gasteiger partial charge >= 0.3 is 6.16 Å². The van der Waals surface area contributed by atoms with E-state index in [0.29, 0.717) is 23.7 Å². The molecule has 2 aromatic rings. The van der Waals surface area contributed by atoms with E-state index in [2.05, 4.69) is 16.2 Å². The second kappa shape index (κ2) is 6.68. The van der Waals surface area contributed by atoms with Crippen LogP contribution in [0.1, 0.15) is 25.0 Å². The molecule has 27 heavy (non-hydrogen) atoms. The maximum Gasteiger partial charge on any atom is 0.508 e. The van der Waals surface area contributed by atoms with E-state index >= 15 is 0 Å². The molecule has 0 unspecified atom stereocenters. The van der Waals surface area contributed by atoms with Gasteiger partial charge < -0.3 is 25.1 Å². The van der Waals surface area contributed by atoms with Crippen molar-refractivity contribution in [1.82, 2.24) is 14.6 Å². The zero-order valence-electron chi connectivity index (χ0n) is 14.4. The fourth-order valence-corrected chi connectivity index (χ4v) is 3.17. The van der Waals surface area contributed by atoms with E-state index in [1.54, 1.807) is 12.1 Å². The van der Waals surface area contributed by atoms with Crippen LogP contribution in [-0.2, 0) is 19.8 Å². The number of hydrogen-bond donors (Lipinski definition) is 2. The molecule has 0 bridgehead atoms. The van der Waals surface area contributed by atoms with Crippen molar-refractivity contribution in [2.45, 2.75) is 37.1 Å². The summed E-state index contributed by atoms with van der Waals surface area (Å²) in [5.41, 5.74) is 5.33. The first-order valence-corrected chi connectivity index (χ1v) is 8.68. The summed E-state index contributed by atoms with van der Waals surface area (Å²) in [7, 11) is 0. The highest BCUT2D eigenvalue weighted by Gasteiger charge is 2.50. The van der Waals surface area contributed by atoms with E-state index in [1.807, 2.05) is 0 Å². The lowest BCUT2D eigenvalue weighted by atomic mass is 9.96. The predicted octanol–water partition coefficient (Wildman–Crippen LogP) is 0.743. The number of nitriles is 1. The minimum Gasteiger partial charge on any atom is -0.434 e. The largest absolute Gasteiger partial charge is 0.508 e. The maximum atomic E-state index is 11.6. The number of aliphatic hydroxyl groups excluding tert-OH is 1. The number of nitrogen functional groups attached to an aromatic ring is 1. The summed E-state index contributed by atoms with van der Waals surface area (Å²) in [5, 5.41) is 24.2. The Bertz CT molecular complexity index is 905. The first-order valence-electron chi connectivity index (χ1n) is 8.68. The van der Waals surface area contributed by atoms with Crippen LogP contribution in [0.5, 0.6) is 0 Å². The summed E-state index contributed by atoms with van der Waals surface area (Å²) in [6.45, 7) is 0.126. The van der Waals surface area contributed by atoms with Crippen molar-refractivity contribution in [3.63, 3.8) is 0 Å². The second-order valence-electron chi connectivity index (χ2n) is 6.84. The molecule has 3 atom stereocenters. The van der Waals surface area contributed by atoms with Crippen molar-refractivity contribution in [1.29, 1.82) is 5.26 Å². The third-order valence-electron chi connectivity index (χ3n) is 4.85. The Labute approximate surface area is 154 Å². The van der Waals surface area contributed by atoms with E-state index in [0.717, 1.165) is 12.8 Å². The summed E-state index contributed by atoms with van der Waals surface area (Å²) in [6, 6.07) is 5.45. The highest BCUT2D eigenvalue weighted by Crippen LogP contribution is 2.40. The van der Waals surface area contributed by atoms with Crippen LogP contribution < -0.4 is 5.73 Å². The molecule has 142 valence electrons. The number of nitrogens with two attached hydrogens (primary N) is 1. The zero-order valence-corrected chi connectivity index (χ0v) is 14.4. The molecule has 2 fully saturated rings. The van der Waals surface area contributed by atoms with Crippen LogP contribution in [0.2, 0.25) is 0 Å². The molecule has 4 rings (SSSR count). The van der Waals surface area contributed by atoms with Crippen molar-refractivity contribution in [2.24, 2.45) is 5.92 Å². The van der Waals surface area contributed by atoms with E-state index in [1.165, 1.54) is 10.8 Å². The minimum absolute atomic E-state index is 0.00463. The molecule has 10 nitrogen and oxygen atoms in total. The SMILES string of the molecule is N#C[C@]1(c2ccc3c(N)ncnn23)C[C@H](O)[C@@H](COC(=O)OCC2CC2)O1. The van der Waals surface area contributed by atoms with Crippen LogP contribution >= 0.6 is 0 Å². The number of ether oxygens (including phenoxy) is 3. The molecule has 2 aromatic heterocycles. The Kier molecular flexibility index (Phi) is 4.33. The van der Waals surface area contributed by atoms with Gasteiger partial charge in [0.1, 0.15) is 30.6 Å². The number of carbonyl (C=O) groups excluding carboxylic acids is 1. The average molecular weight is 373 g/mol. The molecule has 0 aromatic carbocycles. The highest BCUT2D eigenvalue weighted by atomic mass is 16.7. The number of aromatic nitrogens is 3. The lowest BCUT2D eigenvalue weighted by molar-refractivity contribution is -0.0641. The Morgan fingerprint density at radius 1 is 1.44 bits per heavy atom. The van der Waals surface area contributed by atoms with Gasteiger partial charge in [-0.25, -0.2) is 14.3 Å². The van der Waals surface area contributed by atoms with Crippen LogP contribution in [0.3, 0.4) is 0 Å². The zero-order chi connectivity index (χ0) is 19.0. The Morgan fingerprint density at radius 2 is 2.22 bits per heavy atom. The lowest BCUT2D eigenvalue weighted by Crippen LogP contribution is -2.30. The fourth-order valence-electron chi connectivity index (χ4n) is 3.17. The summed E-state index contributed by atoms with van der Waals surface area (Å²) in [6.07, 6.45) is 0.738. The maximum absolute atomic E-state index is 11.6. The normalized spacial score (nSPS) is 27.4. The van der Waals surface area contributed by atoms with Gasteiger partial charge in [0.25, 0.3) is 0 Å². The standard InChI is InChI=1S/C17H19N5O5/c18-8-17(14-4-3-11-15(19)20-9-21-22(11)14)5-12(23)13(27-17)7-26-16(24)25-6-10-1-2-10/h3-4,9-10,12-13,23H,1-2,5-7H2,(H2,19,20,21)/t12-,13+,17-/m0/s1. The molecule has 1 aliphatic heterocycles. The lowest BCUT2D eigenvalue weighted by Gasteiger charge is -2.21. The Hall–Kier alpha value is -2.90. The summed E-state index contributed by atoms with van der Waals surface area (Å²) in [5.74, 6) is 0.690. The quantitative estimate of drug-likeness (QED) is 0.725. The molecule has 0 radical (unpaired) electrons. The second-order valence-corrected chi connectivity index (χ2v) is 6.84. The number of anilines is 1. The molecule has 3 heterocycles. The molecule has 1 aliphatic carbocycles. The van der Waals surface area contributed by atoms with Crippen molar-refractivity contribution in [3.05, 3.63) is 24.2 Å². The molecule has 1 saturated heterocycles. The van der Waals surface area contributed by atoms with Gasteiger partial charge in [-0.3, -0.25) is 0 Å². The third kappa shape index (κ3) is 3.27. The van der Waals surface area contributed by atoms with Gasteiger partial charge in [0, 0.05) is 6.42 Å². The molecule has 3 N–H and O–H groups in total. The van der Waals surface area contributed by atoms with E-state index in [-0.39, 0.29) is 18.8 Å². The number of fused-ring (bicyclic) bond motifs is 1. The molecule has 2 aliphatic rings. The molecule has 1 saturated carbocycles. The van der Waals surface area contributed by atoms with Gasteiger partial charge in [-0.05, 0) is 30.9 Å². The molecular weight excluding hydrogens is 354 g/mol. The monoisotopic (exact) mass is 373 g/mol. The van der Waals surface area contributed by atoms with Crippen molar-refractivity contribution in [2.75, 3.05) is 18.9 Å². The van der Waals surface area contributed by atoms with Crippen LogP contribution in [-0.4, -0.2) is 51.3 Å². The smallest absolute Gasteiger partial charge is 0.434 e. The number of aliphatic hydroxyl groups is 1. The minimum atomic E-state index is -1.45. The molecular formula is C17H19N5O5. The first-order chi connectivity index (χ1) is 13.0. The van der Waals surface area contributed by atoms with E-state index < -0.39 is 24.0 Å². The van der Waals surface area contributed by atoms with Gasteiger partial charge in [0.05, 0.1) is 18.4 Å². The van der Waals surface area contributed by atoms with Gasteiger partial charge in [-0.1, -0.05) is 0 Å². The number of hydrogen-bond acceptors (Lipinski definition) is 9.